The fourth-order valence-electron chi connectivity index (χ4n) is 4.36. The average Bonchev–Trinajstić information content (AvgIpc) is 2.49. The molecular formula is C17H28O2Si2. The van der Waals surface area contributed by atoms with E-state index in [2.05, 4.69) is 30.3 Å². The average molecular weight is 321 g/mol. The minimum atomic E-state index is 0.0681. The van der Waals surface area contributed by atoms with Crippen LogP contribution in [0.1, 0.15) is 50.0 Å². The van der Waals surface area contributed by atoms with Crippen LogP contribution in [0.2, 0.25) is 0 Å². The second-order valence-electron chi connectivity index (χ2n) is 7.08. The summed E-state index contributed by atoms with van der Waals surface area (Å²) in [5, 5.41) is 0.136. The van der Waals surface area contributed by atoms with Gasteiger partial charge in [-0.1, -0.05) is 30.3 Å². The van der Waals surface area contributed by atoms with Gasteiger partial charge in [0.1, 0.15) is 0 Å². The molecule has 4 heteroatoms. The van der Waals surface area contributed by atoms with Crippen molar-refractivity contribution in [1.82, 2.24) is 0 Å². The maximum atomic E-state index is 6.40. The zero-order valence-corrected chi connectivity index (χ0v) is 17.4. The van der Waals surface area contributed by atoms with E-state index in [1.807, 2.05) is 0 Å². The van der Waals surface area contributed by atoms with Crippen LogP contribution in [-0.4, -0.2) is 44.1 Å². The molecule has 1 aromatic carbocycles. The molecule has 0 amide bonds. The quantitative estimate of drug-likeness (QED) is 0.782. The van der Waals surface area contributed by atoms with Crippen molar-refractivity contribution < 1.29 is 9.47 Å². The SMILES string of the molecule is [SiH3]C1(C(c2ccccc2)C2([SiH3])CCCCO2)CCCCO1. The summed E-state index contributed by atoms with van der Waals surface area (Å²) in [6, 6.07) is 11.0. The lowest BCUT2D eigenvalue weighted by Gasteiger charge is -2.51. The molecule has 2 fully saturated rings. The highest BCUT2D eigenvalue weighted by atomic mass is 28.2. The predicted octanol–water partition coefficient (Wildman–Crippen LogP) is 1.29. The molecule has 0 aromatic heterocycles. The van der Waals surface area contributed by atoms with Crippen molar-refractivity contribution in [2.24, 2.45) is 0 Å². The maximum absolute atomic E-state index is 6.40. The Morgan fingerprint density at radius 1 is 0.810 bits per heavy atom. The van der Waals surface area contributed by atoms with Crippen molar-refractivity contribution in [2.45, 2.75) is 54.9 Å². The van der Waals surface area contributed by atoms with Crippen molar-refractivity contribution in [3.8, 4) is 0 Å². The van der Waals surface area contributed by atoms with Gasteiger partial charge in [-0.15, -0.1) is 0 Å². The van der Waals surface area contributed by atoms with E-state index < -0.39 is 0 Å². The van der Waals surface area contributed by atoms with Gasteiger partial charge in [-0.3, -0.25) is 0 Å². The first-order valence-corrected chi connectivity index (χ1v) is 10.5. The van der Waals surface area contributed by atoms with Crippen molar-refractivity contribution in [3.05, 3.63) is 35.9 Å². The van der Waals surface area contributed by atoms with Gasteiger partial charge < -0.3 is 9.47 Å². The Labute approximate surface area is 134 Å². The molecule has 2 heterocycles. The first-order valence-electron chi connectivity index (χ1n) is 8.47. The van der Waals surface area contributed by atoms with Crippen LogP contribution in [0.5, 0.6) is 0 Å². The van der Waals surface area contributed by atoms with Gasteiger partial charge in [0.25, 0.3) is 0 Å². The third-order valence-electron chi connectivity index (χ3n) is 5.35. The first kappa shape index (κ1) is 15.5. The molecule has 1 aromatic rings. The fourth-order valence-corrected chi connectivity index (χ4v) is 7.94. The van der Waals surface area contributed by atoms with Gasteiger partial charge in [0, 0.05) is 39.6 Å². The van der Waals surface area contributed by atoms with Crippen molar-refractivity contribution in [2.75, 3.05) is 13.2 Å². The Balaban J connectivity index is 1.98. The highest BCUT2D eigenvalue weighted by molar-refractivity contribution is 6.19. The van der Waals surface area contributed by atoms with Crippen LogP contribution in [0.3, 0.4) is 0 Å². The highest BCUT2D eigenvalue weighted by Crippen LogP contribution is 2.46. The second kappa shape index (κ2) is 6.36. The third kappa shape index (κ3) is 3.18. The number of hydrogen-bond donors (Lipinski definition) is 0. The number of rotatable bonds is 3. The minimum Gasteiger partial charge on any atom is -0.379 e. The normalized spacial score (nSPS) is 35.6. The van der Waals surface area contributed by atoms with Crippen LogP contribution in [0.15, 0.2) is 30.3 Å². The van der Waals surface area contributed by atoms with E-state index >= 15 is 0 Å². The monoisotopic (exact) mass is 320 g/mol. The van der Waals surface area contributed by atoms with Crippen molar-refractivity contribution in [1.29, 1.82) is 0 Å². The standard InChI is InChI=1S/C17H28O2Si2/c20-16(10-4-6-12-18-16)15(14-8-2-1-3-9-14)17(21)11-5-7-13-19-17/h1-3,8-9,15H,4-7,10-13H2,20-21H3. The summed E-state index contributed by atoms with van der Waals surface area (Å²) in [6.45, 7) is 1.87. The molecule has 0 aliphatic carbocycles. The topological polar surface area (TPSA) is 18.5 Å². The Hall–Kier alpha value is -0.426. The summed E-state index contributed by atoms with van der Waals surface area (Å²) < 4.78 is 12.8. The summed E-state index contributed by atoms with van der Waals surface area (Å²) in [5.74, 6) is 0.435. The minimum absolute atomic E-state index is 0.0681. The van der Waals surface area contributed by atoms with Crippen LogP contribution in [-0.2, 0) is 9.47 Å². The van der Waals surface area contributed by atoms with Gasteiger partial charge >= 0.3 is 0 Å². The number of ether oxygens (including phenoxy) is 2. The lowest BCUT2D eigenvalue weighted by molar-refractivity contribution is -0.110. The van der Waals surface area contributed by atoms with E-state index in [1.165, 1.54) is 44.1 Å². The molecule has 2 atom stereocenters. The Morgan fingerprint density at radius 3 is 1.76 bits per heavy atom. The predicted molar refractivity (Wildman–Crippen MR) is 94.1 cm³/mol. The van der Waals surface area contributed by atoms with Gasteiger partial charge in [-0.2, -0.15) is 0 Å². The fraction of sp³-hybridized carbons (Fsp3) is 0.647. The molecule has 2 aliphatic rings. The molecule has 21 heavy (non-hydrogen) atoms. The van der Waals surface area contributed by atoms with E-state index in [4.69, 9.17) is 9.47 Å². The van der Waals surface area contributed by atoms with E-state index in [9.17, 15) is 0 Å². The van der Waals surface area contributed by atoms with E-state index in [0.29, 0.717) is 5.92 Å². The van der Waals surface area contributed by atoms with E-state index in [0.717, 1.165) is 33.7 Å². The summed E-state index contributed by atoms with van der Waals surface area (Å²) in [6.07, 6.45) is 7.49. The van der Waals surface area contributed by atoms with Gasteiger partial charge in [0.15, 0.2) is 0 Å². The zero-order chi connectivity index (χ0) is 14.8. The first-order chi connectivity index (χ1) is 10.1. The largest absolute Gasteiger partial charge is 0.379 e. The van der Waals surface area contributed by atoms with E-state index in [1.54, 1.807) is 0 Å². The summed E-state index contributed by atoms with van der Waals surface area (Å²) in [4.78, 5) is 0. The molecule has 2 unspecified atom stereocenters. The lowest BCUT2D eigenvalue weighted by Crippen LogP contribution is -2.56. The lowest BCUT2D eigenvalue weighted by atomic mass is 9.80. The molecule has 0 radical (unpaired) electrons. The molecule has 0 N–H and O–H groups in total. The Bertz CT molecular complexity index is 427. The van der Waals surface area contributed by atoms with Crippen molar-refractivity contribution >= 4 is 20.5 Å². The number of benzene rings is 1. The molecular weight excluding hydrogens is 292 g/mol. The third-order valence-corrected chi connectivity index (χ3v) is 8.08. The van der Waals surface area contributed by atoms with Crippen molar-refractivity contribution in [3.63, 3.8) is 0 Å². The molecule has 0 saturated carbocycles. The summed E-state index contributed by atoms with van der Waals surface area (Å²) >= 11 is 0. The van der Waals surface area contributed by atoms with Crippen LogP contribution in [0.4, 0.5) is 0 Å². The molecule has 3 rings (SSSR count). The smallest absolute Gasteiger partial charge is 0.0576 e. The Morgan fingerprint density at radius 2 is 1.33 bits per heavy atom. The highest BCUT2D eigenvalue weighted by Gasteiger charge is 2.49. The van der Waals surface area contributed by atoms with E-state index in [-0.39, 0.29) is 10.4 Å². The summed E-state index contributed by atoms with van der Waals surface area (Å²) in [7, 11) is 2.17. The molecule has 2 nitrogen and oxygen atoms in total. The van der Waals surface area contributed by atoms with Gasteiger partial charge in [0.2, 0.25) is 0 Å². The molecule has 116 valence electrons. The zero-order valence-electron chi connectivity index (χ0n) is 13.4. The van der Waals surface area contributed by atoms with Crippen LogP contribution in [0, 0.1) is 0 Å². The van der Waals surface area contributed by atoms with Gasteiger partial charge in [0.05, 0.1) is 10.4 Å². The summed E-state index contributed by atoms with van der Waals surface area (Å²) in [5.41, 5.74) is 1.44. The Kier molecular flexibility index (Phi) is 4.69. The second-order valence-corrected chi connectivity index (χ2v) is 10.5. The van der Waals surface area contributed by atoms with Crippen LogP contribution < -0.4 is 0 Å². The molecule has 0 bridgehead atoms. The molecule has 2 saturated heterocycles. The van der Waals surface area contributed by atoms with Gasteiger partial charge in [-0.05, 0) is 44.1 Å². The van der Waals surface area contributed by atoms with Gasteiger partial charge in [-0.25, -0.2) is 0 Å². The number of hydrogen-bond acceptors (Lipinski definition) is 2. The van der Waals surface area contributed by atoms with Crippen LogP contribution in [0.25, 0.3) is 0 Å². The van der Waals surface area contributed by atoms with Crippen LogP contribution >= 0.6 is 0 Å². The molecule has 2 aliphatic heterocycles. The molecule has 0 spiro atoms. The maximum Gasteiger partial charge on any atom is 0.0576 e.